The maximum Gasteiger partial charge on any atom is 0.228 e. The number of anilines is 1. The van der Waals surface area contributed by atoms with Crippen molar-refractivity contribution in [2.24, 2.45) is 0 Å². The molecule has 2 aromatic heterocycles. The number of nitrogens with zero attached hydrogens (tertiary/aromatic N) is 4. The zero-order valence-corrected chi connectivity index (χ0v) is 11.1. The Balaban J connectivity index is 1.92. The molecular weight excluding hydrogens is 266 g/mol. The van der Waals surface area contributed by atoms with E-state index < -0.39 is 0 Å². The number of aromatic nitrogens is 4. The first kappa shape index (κ1) is 12.0. The summed E-state index contributed by atoms with van der Waals surface area (Å²) in [6.45, 7) is 2.40. The van der Waals surface area contributed by atoms with E-state index in [1.807, 2.05) is 16.7 Å². The second kappa shape index (κ2) is 4.55. The second-order valence-corrected chi connectivity index (χ2v) is 4.62. The van der Waals surface area contributed by atoms with Crippen molar-refractivity contribution in [3.63, 3.8) is 0 Å². The van der Waals surface area contributed by atoms with Gasteiger partial charge in [-0.1, -0.05) is 22.8 Å². The smallest absolute Gasteiger partial charge is 0.228 e. The van der Waals surface area contributed by atoms with Gasteiger partial charge in [-0.2, -0.15) is 4.98 Å². The molecule has 1 aromatic carbocycles. The van der Waals surface area contributed by atoms with Crippen LogP contribution in [0.2, 0.25) is 5.02 Å². The molecule has 0 saturated carbocycles. The van der Waals surface area contributed by atoms with Crippen LogP contribution in [-0.2, 0) is 13.0 Å². The summed E-state index contributed by atoms with van der Waals surface area (Å²) in [7, 11) is 0. The molecule has 19 heavy (non-hydrogen) atoms. The van der Waals surface area contributed by atoms with E-state index in [4.69, 9.17) is 21.9 Å². The zero-order valence-electron chi connectivity index (χ0n) is 10.3. The first-order valence-electron chi connectivity index (χ1n) is 5.84. The maximum absolute atomic E-state index is 6.09. The van der Waals surface area contributed by atoms with Crippen molar-refractivity contribution in [1.82, 2.24) is 19.7 Å². The minimum Gasteiger partial charge on any atom is -0.369 e. The van der Waals surface area contributed by atoms with Gasteiger partial charge in [0.25, 0.3) is 0 Å². The fraction of sp³-hybridized carbons (Fsp3) is 0.250. The molecule has 0 saturated heterocycles. The highest BCUT2D eigenvalue weighted by molar-refractivity contribution is 6.35. The Morgan fingerprint density at radius 1 is 1.37 bits per heavy atom. The third kappa shape index (κ3) is 2.15. The lowest BCUT2D eigenvalue weighted by Gasteiger charge is -2.03. The summed E-state index contributed by atoms with van der Waals surface area (Å²) < 4.78 is 6.97. The van der Waals surface area contributed by atoms with Gasteiger partial charge >= 0.3 is 0 Å². The van der Waals surface area contributed by atoms with Crippen LogP contribution in [0.3, 0.4) is 0 Å². The van der Waals surface area contributed by atoms with Gasteiger partial charge in [-0.05, 0) is 19.1 Å². The Morgan fingerprint density at radius 2 is 2.21 bits per heavy atom. The molecule has 0 bridgehead atoms. The van der Waals surface area contributed by atoms with E-state index in [1.54, 1.807) is 13.0 Å². The lowest BCUT2D eigenvalue weighted by Crippen LogP contribution is -2.05. The molecule has 0 unspecified atom stereocenters. The summed E-state index contributed by atoms with van der Waals surface area (Å²) in [5.41, 5.74) is 7.53. The van der Waals surface area contributed by atoms with Gasteiger partial charge in [-0.25, -0.2) is 4.98 Å². The van der Waals surface area contributed by atoms with Crippen molar-refractivity contribution in [1.29, 1.82) is 0 Å². The highest BCUT2D eigenvalue weighted by Crippen LogP contribution is 2.25. The number of halogens is 1. The standard InChI is InChI=1S/C12H12ClN5O/c1-7-15-10(19-17-7)5-6-18-9-4-2-3-8(13)11(9)16-12(18)14/h2-4H,5-6H2,1H3,(H2,14,16). The average Bonchev–Trinajstić information content (AvgIpc) is 2.92. The number of imidazole rings is 1. The van der Waals surface area contributed by atoms with Crippen LogP contribution in [0.5, 0.6) is 0 Å². The second-order valence-electron chi connectivity index (χ2n) is 4.21. The molecule has 0 amide bonds. The van der Waals surface area contributed by atoms with E-state index in [2.05, 4.69) is 15.1 Å². The highest BCUT2D eigenvalue weighted by atomic mass is 35.5. The monoisotopic (exact) mass is 277 g/mol. The average molecular weight is 278 g/mol. The number of nitrogens with two attached hydrogens (primary N) is 1. The summed E-state index contributed by atoms with van der Waals surface area (Å²) >= 11 is 6.09. The number of fused-ring (bicyclic) bond motifs is 1. The number of benzene rings is 1. The number of nitrogen functional groups attached to an aromatic ring is 1. The van der Waals surface area contributed by atoms with Gasteiger partial charge in [0.1, 0.15) is 5.52 Å². The molecule has 0 spiro atoms. The molecule has 7 heteroatoms. The molecule has 6 nitrogen and oxygen atoms in total. The van der Waals surface area contributed by atoms with Gasteiger partial charge in [0.15, 0.2) is 5.82 Å². The third-order valence-electron chi connectivity index (χ3n) is 2.88. The SMILES string of the molecule is Cc1noc(CCn2c(N)nc3c(Cl)cccc32)n1. The molecule has 0 atom stereocenters. The molecule has 0 aliphatic heterocycles. The van der Waals surface area contributed by atoms with E-state index >= 15 is 0 Å². The van der Waals surface area contributed by atoms with Gasteiger partial charge in [-0.3, -0.25) is 0 Å². The summed E-state index contributed by atoms with van der Waals surface area (Å²) in [6, 6.07) is 5.60. The van der Waals surface area contributed by atoms with Gasteiger partial charge < -0.3 is 14.8 Å². The predicted octanol–water partition coefficient (Wildman–Crippen LogP) is 2.21. The molecule has 0 fully saturated rings. The lowest BCUT2D eigenvalue weighted by atomic mass is 10.3. The first-order valence-corrected chi connectivity index (χ1v) is 6.22. The van der Waals surface area contributed by atoms with E-state index in [-0.39, 0.29) is 0 Å². The van der Waals surface area contributed by atoms with Crippen LogP contribution in [0.15, 0.2) is 22.7 Å². The Hall–Kier alpha value is -2.08. The molecule has 3 aromatic rings. The van der Waals surface area contributed by atoms with Gasteiger partial charge in [0.2, 0.25) is 11.8 Å². The van der Waals surface area contributed by atoms with Crippen LogP contribution in [0.1, 0.15) is 11.7 Å². The fourth-order valence-electron chi connectivity index (χ4n) is 2.01. The topological polar surface area (TPSA) is 82.8 Å². The Labute approximate surface area is 114 Å². The van der Waals surface area contributed by atoms with Gasteiger partial charge in [0, 0.05) is 13.0 Å². The highest BCUT2D eigenvalue weighted by Gasteiger charge is 2.11. The number of hydrogen-bond acceptors (Lipinski definition) is 5. The Morgan fingerprint density at radius 3 is 2.95 bits per heavy atom. The maximum atomic E-state index is 6.09. The molecular formula is C12H12ClN5O. The largest absolute Gasteiger partial charge is 0.369 e. The van der Waals surface area contributed by atoms with Crippen LogP contribution in [0, 0.1) is 6.92 Å². The fourth-order valence-corrected chi connectivity index (χ4v) is 2.23. The van der Waals surface area contributed by atoms with Crippen molar-refractivity contribution < 1.29 is 4.52 Å². The summed E-state index contributed by atoms with van der Waals surface area (Å²) in [5.74, 6) is 1.64. The number of aryl methyl sites for hydroxylation is 3. The van der Waals surface area contributed by atoms with Gasteiger partial charge in [0.05, 0.1) is 10.5 Å². The van der Waals surface area contributed by atoms with E-state index in [1.165, 1.54) is 0 Å². The van der Waals surface area contributed by atoms with Crippen LogP contribution in [0.4, 0.5) is 5.95 Å². The first-order chi connectivity index (χ1) is 9.15. The predicted molar refractivity (Wildman–Crippen MR) is 71.9 cm³/mol. The molecule has 3 rings (SSSR count). The van der Waals surface area contributed by atoms with Crippen LogP contribution < -0.4 is 5.73 Å². The molecule has 2 N–H and O–H groups in total. The van der Waals surface area contributed by atoms with Crippen molar-refractivity contribution in [2.45, 2.75) is 19.9 Å². The molecule has 0 aliphatic rings. The van der Waals surface area contributed by atoms with Crippen LogP contribution in [0.25, 0.3) is 11.0 Å². The van der Waals surface area contributed by atoms with Crippen molar-refractivity contribution in [3.8, 4) is 0 Å². The van der Waals surface area contributed by atoms with E-state index in [0.29, 0.717) is 41.2 Å². The number of rotatable bonds is 3. The molecule has 98 valence electrons. The van der Waals surface area contributed by atoms with Crippen molar-refractivity contribution >= 4 is 28.6 Å². The Kier molecular flexibility index (Phi) is 2.87. The van der Waals surface area contributed by atoms with Crippen LogP contribution in [-0.4, -0.2) is 19.7 Å². The van der Waals surface area contributed by atoms with Crippen molar-refractivity contribution in [2.75, 3.05) is 5.73 Å². The summed E-state index contributed by atoms with van der Waals surface area (Å²) in [5, 5.41) is 4.35. The molecule has 0 radical (unpaired) electrons. The van der Waals surface area contributed by atoms with Crippen molar-refractivity contribution in [3.05, 3.63) is 34.9 Å². The molecule has 2 heterocycles. The summed E-state index contributed by atoms with van der Waals surface area (Å²) in [6.07, 6.45) is 0.600. The lowest BCUT2D eigenvalue weighted by molar-refractivity contribution is 0.369. The number of hydrogen-bond donors (Lipinski definition) is 1. The van der Waals surface area contributed by atoms with Crippen LogP contribution >= 0.6 is 11.6 Å². The summed E-state index contributed by atoms with van der Waals surface area (Å²) in [4.78, 5) is 8.43. The quantitative estimate of drug-likeness (QED) is 0.793. The normalized spacial score (nSPS) is 11.3. The van der Waals surface area contributed by atoms with E-state index in [0.717, 1.165) is 5.52 Å². The van der Waals surface area contributed by atoms with E-state index in [9.17, 15) is 0 Å². The third-order valence-corrected chi connectivity index (χ3v) is 3.18. The zero-order chi connectivity index (χ0) is 13.4. The minimum absolute atomic E-state index is 0.430. The number of para-hydroxylation sites is 1. The van der Waals surface area contributed by atoms with Gasteiger partial charge in [-0.15, -0.1) is 0 Å². The minimum atomic E-state index is 0.430. The Bertz CT molecular complexity index is 733. The molecule has 0 aliphatic carbocycles.